The van der Waals surface area contributed by atoms with E-state index in [9.17, 15) is 9.59 Å². The minimum Gasteiger partial charge on any atom is -0.478 e. The molecule has 2 heterocycles. The van der Waals surface area contributed by atoms with Gasteiger partial charge in [-0.05, 0) is 24.3 Å². The summed E-state index contributed by atoms with van der Waals surface area (Å²) in [6, 6.07) is 5.86. The molecule has 4 N–H and O–H groups in total. The summed E-state index contributed by atoms with van der Waals surface area (Å²) in [5.41, 5.74) is 5.82. The SMILES string of the molecule is NC(=O)c1ccc(NCc2cc(C(=O)O)ccn2)nn1. The third-order valence-corrected chi connectivity index (χ3v) is 2.43. The van der Waals surface area contributed by atoms with Gasteiger partial charge in [-0.25, -0.2) is 4.79 Å². The van der Waals surface area contributed by atoms with Gasteiger partial charge >= 0.3 is 5.97 Å². The molecule has 0 fully saturated rings. The molecule has 8 heteroatoms. The summed E-state index contributed by atoms with van der Waals surface area (Å²) in [7, 11) is 0. The Balaban J connectivity index is 2.03. The molecule has 0 saturated heterocycles. The Morgan fingerprint density at radius 2 is 2.05 bits per heavy atom. The Morgan fingerprint density at radius 3 is 2.65 bits per heavy atom. The van der Waals surface area contributed by atoms with Gasteiger partial charge in [0, 0.05) is 6.20 Å². The third-order valence-electron chi connectivity index (χ3n) is 2.43. The van der Waals surface area contributed by atoms with E-state index in [2.05, 4.69) is 20.5 Å². The Kier molecular flexibility index (Phi) is 3.85. The van der Waals surface area contributed by atoms with Crippen molar-refractivity contribution >= 4 is 17.7 Å². The molecule has 102 valence electrons. The van der Waals surface area contributed by atoms with Crippen LogP contribution in [-0.2, 0) is 6.54 Å². The van der Waals surface area contributed by atoms with Gasteiger partial charge in [0.15, 0.2) is 5.69 Å². The van der Waals surface area contributed by atoms with E-state index in [0.29, 0.717) is 11.5 Å². The number of pyridine rings is 1. The number of hydrogen-bond donors (Lipinski definition) is 3. The van der Waals surface area contributed by atoms with Crippen molar-refractivity contribution in [1.29, 1.82) is 0 Å². The lowest BCUT2D eigenvalue weighted by Crippen LogP contribution is -2.14. The number of primary amides is 1. The van der Waals surface area contributed by atoms with E-state index in [1.54, 1.807) is 6.07 Å². The van der Waals surface area contributed by atoms with Crippen molar-refractivity contribution < 1.29 is 14.7 Å². The van der Waals surface area contributed by atoms with Crippen LogP contribution in [0.3, 0.4) is 0 Å². The third kappa shape index (κ3) is 3.25. The van der Waals surface area contributed by atoms with Crippen LogP contribution < -0.4 is 11.1 Å². The number of carboxylic acids is 1. The molecule has 0 unspecified atom stereocenters. The van der Waals surface area contributed by atoms with Crippen LogP contribution in [0.25, 0.3) is 0 Å². The highest BCUT2D eigenvalue weighted by Crippen LogP contribution is 2.06. The number of aromatic carboxylic acids is 1. The van der Waals surface area contributed by atoms with Gasteiger partial charge in [0.1, 0.15) is 5.82 Å². The minimum atomic E-state index is -1.01. The Morgan fingerprint density at radius 1 is 1.25 bits per heavy atom. The molecule has 0 aromatic carbocycles. The minimum absolute atomic E-state index is 0.0709. The van der Waals surface area contributed by atoms with Crippen LogP contribution in [0.2, 0.25) is 0 Å². The van der Waals surface area contributed by atoms with Crippen LogP contribution in [0.1, 0.15) is 26.5 Å². The number of rotatable bonds is 5. The fourth-order valence-corrected chi connectivity index (χ4v) is 1.45. The number of aromatic nitrogens is 3. The van der Waals surface area contributed by atoms with E-state index in [-0.39, 0.29) is 17.8 Å². The van der Waals surface area contributed by atoms with Crippen molar-refractivity contribution in [3.63, 3.8) is 0 Å². The Hall–Kier alpha value is -3.03. The molecule has 0 spiro atoms. The quantitative estimate of drug-likeness (QED) is 0.712. The number of nitrogens with zero attached hydrogens (tertiary/aromatic N) is 3. The molecule has 0 radical (unpaired) electrons. The molecule has 0 atom stereocenters. The first-order chi connectivity index (χ1) is 9.56. The highest BCUT2D eigenvalue weighted by atomic mass is 16.4. The zero-order chi connectivity index (χ0) is 14.5. The summed E-state index contributed by atoms with van der Waals surface area (Å²) in [6.07, 6.45) is 1.42. The van der Waals surface area contributed by atoms with Gasteiger partial charge < -0.3 is 16.2 Å². The molecule has 2 aromatic rings. The number of carbonyl (C=O) groups excluding carboxylic acids is 1. The first-order valence-electron chi connectivity index (χ1n) is 5.62. The highest BCUT2D eigenvalue weighted by Gasteiger charge is 2.05. The van der Waals surface area contributed by atoms with Gasteiger partial charge in [0.2, 0.25) is 0 Å². The number of nitrogens with one attached hydrogen (secondary N) is 1. The van der Waals surface area contributed by atoms with Crippen molar-refractivity contribution in [2.45, 2.75) is 6.54 Å². The molecular formula is C12H11N5O3. The first kappa shape index (κ1) is 13.4. The molecule has 20 heavy (non-hydrogen) atoms. The van der Waals surface area contributed by atoms with Crippen LogP contribution in [0.5, 0.6) is 0 Å². The number of carboxylic acid groups (broad SMARTS) is 1. The number of amides is 1. The molecule has 0 bridgehead atoms. The van der Waals surface area contributed by atoms with E-state index in [0.717, 1.165) is 0 Å². The van der Waals surface area contributed by atoms with Gasteiger partial charge in [-0.1, -0.05) is 0 Å². The largest absolute Gasteiger partial charge is 0.478 e. The zero-order valence-corrected chi connectivity index (χ0v) is 10.3. The predicted octanol–water partition coefficient (Wildman–Crippen LogP) is 0.281. The van der Waals surface area contributed by atoms with Crippen molar-refractivity contribution in [3.8, 4) is 0 Å². The van der Waals surface area contributed by atoms with Crippen LogP contribution >= 0.6 is 0 Å². The van der Waals surface area contributed by atoms with E-state index < -0.39 is 11.9 Å². The van der Waals surface area contributed by atoms with Gasteiger partial charge in [-0.2, -0.15) is 0 Å². The van der Waals surface area contributed by atoms with Crippen LogP contribution in [0.4, 0.5) is 5.82 Å². The van der Waals surface area contributed by atoms with Gasteiger partial charge in [-0.15, -0.1) is 10.2 Å². The summed E-state index contributed by atoms with van der Waals surface area (Å²) in [5, 5.41) is 19.2. The van der Waals surface area contributed by atoms with E-state index in [1.807, 2.05) is 0 Å². The average molecular weight is 273 g/mol. The lowest BCUT2D eigenvalue weighted by molar-refractivity contribution is 0.0696. The molecular weight excluding hydrogens is 262 g/mol. The summed E-state index contributed by atoms with van der Waals surface area (Å²) in [6.45, 7) is 0.283. The second-order valence-corrected chi connectivity index (χ2v) is 3.86. The van der Waals surface area contributed by atoms with E-state index in [1.165, 1.54) is 24.4 Å². The smallest absolute Gasteiger partial charge is 0.335 e. The monoisotopic (exact) mass is 273 g/mol. The lowest BCUT2D eigenvalue weighted by Gasteiger charge is -2.05. The maximum Gasteiger partial charge on any atom is 0.335 e. The molecule has 2 rings (SSSR count). The maximum atomic E-state index is 10.8. The zero-order valence-electron chi connectivity index (χ0n) is 10.3. The summed E-state index contributed by atoms with van der Waals surface area (Å²) >= 11 is 0. The molecule has 0 aliphatic carbocycles. The predicted molar refractivity (Wildman–Crippen MR) is 69.1 cm³/mol. The molecule has 0 saturated carbocycles. The van der Waals surface area contributed by atoms with Crippen molar-refractivity contribution in [3.05, 3.63) is 47.4 Å². The number of nitrogens with two attached hydrogens (primary N) is 1. The summed E-state index contributed by atoms with van der Waals surface area (Å²) in [5.74, 6) is -1.24. The normalized spacial score (nSPS) is 10.0. The fraction of sp³-hybridized carbons (Fsp3) is 0.0833. The van der Waals surface area contributed by atoms with Crippen molar-refractivity contribution in [2.24, 2.45) is 5.73 Å². The molecule has 8 nitrogen and oxygen atoms in total. The number of anilines is 1. The fourth-order valence-electron chi connectivity index (χ4n) is 1.45. The lowest BCUT2D eigenvalue weighted by atomic mass is 10.2. The summed E-state index contributed by atoms with van der Waals surface area (Å²) < 4.78 is 0. The second kappa shape index (κ2) is 5.74. The van der Waals surface area contributed by atoms with Crippen LogP contribution in [-0.4, -0.2) is 32.2 Å². The Bertz CT molecular complexity index is 642. The topological polar surface area (TPSA) is 131 Å². The van der Waals surface area contributed by atoms with Crippen LogP contribution in [0, 0.1) is 0 Å². The van der Waals surface area contributed by atoms with Crippen molar-refractivity contribution in [1.82, 2.24) is 15.2 Å². The maximum absolute atomic E-state index is 10.8. The average Bonchev–Trinajstić information content (AvgIpc) is 2.46. The molecule has 1 amide bonds. The second-order valence-electron chi connectivity index (χ2n) is 3.86. The number of hydrogen-bond acceptors (Lipinski definition) is 6. The van der Waals surface area contributed by atoms with Crippen LogP contribution in [0.15, 0.2) is 30.5 Å². The van der Waals surface area contributed by atoms with E-state index in [4.69, 9.17) is 10.8 Å². The van der Waals surface area contributed by atoms with Crippen molar-refractivity contribution in [2.75, 3.05) is 5.32 Å². The van der Waals surface area contributed by atoms with Gasteiger partial charge in [-0.3, -0.25) is 9.78 Å². The summed E-state index contributed by atoms with van der Waals surface area (Å²) in [4.78, 5) is 25.7. The molecule has 2 aromatic heterocycles. The standard InChI is InChI=1S/C12H11N5O3/c13-11(18)9-1-2-10(17-16-9)15-6-8-5-7(12(19)20)3-4-14-8/h1-5H,6H2,(H2,13,18)(H,15,17)(H,19,20). The molecule has 0 aliphatic heterocycles. The van der Waals surface area contributed by atoms with Gasteiger partial charge in [0.05, 0.1) is 17.8 Å². The first-order valence-corrected chi connectivity index (χ1v) is 5.62. The highest BCUT2D eigenvalue weighted by molar-refractivity contribution is 5.90. The number of carbonyl (C=O) groups is 2. The Labute approximate surface area is 113 Å². The van der Waals surface area contributed by atoms with E-state index >= 15 is 0 Å². The molecule has 0 aliphatic rings. The van der Waals surface area contributed by atoms with Gasteiger partial charge in [0.25, 0.3) is 5.91 Å².